The van der Waals surface area contributed by atoms with Gasteiger partial charge in [0.1, 0.15) is 5.92 Å². The number of nitrogens with two attached hydrogens (primary N) is 1. The van der Waals surface area contributed by atoms with Gasteiger partial charge >= 0.3 is 0 Å². The van der Waals surface area contributed by atoms with Crippen LogP contribution < -0.4 is 16.4 Å². The zero-order valence-corrected chi connectivity index (χ0v) is 7.18. The van der Waals surface area contributed by atoms with E-state index in [0.717, 1.165) is 0 Å². The standard InChI is InChI=1S/C9H7N3O2/c10-7(13)6-4-5-2-1-3-11-8(5)12-9(6)14/h1-4,6H,(H2,10,13). The molecule has 1 aromatic rings. The smallest absolute Gasteiger partial charge is 0.264 e. The Morgan fingerprint density at radius 2 is 2.29 bits per heavy atom. The molecule has 14 heavy (non-hydrogen) atoms. The first-order valence-corrected chi connectivity index (χ1v) is 4.03. The first-order chi connectivity index (χ1) is 6.68. The Kier molecular flexibility index (Phi) is 1.85. The zero-order valence-electron chi connectivity index (χ0n) is 7.18. The summed E-state index contributed by atoms with van der Waals surface area (Å²) < 4.78 is 0. The average molecular weight is 189 g/mol. The minimum Gasteiger partial charge on any atom is -0.369 e. The maximum atomic E-state index is 11.3. The molecule has 70 valence electrons. The van der Waals surface area contributed by atoms with Gasteiger partial charge in [-0.2, -0.15) is 4.99 Å². The molecule has 2 heterocycles. The van der Waals surface area contributed by atoms with Crippen molar-refractivity contribution < 1.29 is 9.59 Å². The molecule has 1 aromatic heterocycles. The summed E-state index contributed by atoms with van der Waals surface area (Å²) in [7, 11) is 0. The maximum absolute atomic E-state index is 11.3. The van der Waals surface area contributed by atoms with Gasteiger partial charge in [0.25, 0.3) is 5.91 Å². The fourth-order valence-corrected chi connectivity index (χ4v) is 1.26. The molecule has 1 atom stereocenters. The van der Waals surface area contributed by atoms with Crippen LogP contribution in [0.4, 0.5) is 0 Å². The molecule has 0 aromatic carbocycles. The molecule has 1 aliphatic heterocycles. The lowest BCUT2D eigenvalue weighted by molar-refractivity contribution is -0.129. The first kappa shape index (κ1) is 8.55. The molecule has 2 amide bonds. The number of hydrogen-bond acceptors (Lipinski definition) is 3. The van der Waals surface area contributed by atoms with Crippen molar-refractivity contribution in [2.75, 3.05) is 0 Å². The lowest BCUT2D eigenvalue weighted by atomic mass is 10.1. The van der Waals surface area contributed by atoms with Crippen molar-refractivity contribution in [3.63, 3.8) is 0 Å². The van der Waals surface area contributed by atoms with Crippen LogP contribution in [0.1, 0.15) is 0 Å². The minimum absolute atomic E-state index is 0.343. The van der Waals surface area contributed by atoms with E-state index in [0.29, 0.717) is 10.7 Å². The van der Waals surface area contributed by atoms with Gasteiger partial charge in [0.05, 0.1) is 0 Å². The van der Waals surface area contributed by atoms with Gasteiger partial charge in [0.2, 0.25) is 5.91 Å². The number of pyridine rings is 1. The van der Waals surface area contributed by atoms with Crippen LogP contribution in [0.3, 0.4) is 0 Å². The molecular weight excluding hydrogens is 182 g/mol. The van der Waals surface area contributed by atoms with Gasteiger partial charge in [-0.3, -0.25) is 9.59 Å². The third kappa shape index (κ3) is 1.28. The quantitative estimate of drug-likeness (QED) is 0.525. The van der Waals surface area contributed by atoms with E-state index in [4.69, 9.17) is 5.73 Å². The second-order valence-electron chi connectivity index (χ2n) is 2.91. The Balaban J connectivity index is 2.67. The van der Waals surface area contributed by atoms with E-state index in [1.807, 2.05) is 0 Å². The van der Waals surface area contributed by atoms with Gasteiger partial charge in [-0.15, -0.1) is 0 Å². The van der Waals surface area contributed by atoms with E-state index in [1.54, 1.807) is 12.1 Å². The molecule has 0 spiro atoms. The highest BCUT2D eigenvalue weighted by atomic mass is 16.2. The fraction of sp³-hybridized carbons (Fsp3) is 0.111. The zero-order chi connectivity index (χ0) is 10.1. The number of primary amides is 1. The van der Waals surface area contributed by atoms with Gasteiger partial charge in [-0.1, -0.05) is 6.08 Å². The molecule has 1 aliphatic rings. The SMILES string of the molecule is NC(=O)C1C=c2cccnc2=NC1=O. The molecule has 0 aliphatic carbocycles. The molecule has 1 unspecified atom stereocenters. The maximum Gasteiger partial charge on any atom is 0.264 e. The number of hydrogen-bond donors (Lipinski definition) is 1. The Morgan fingerprint density at radius 1 is 1.50 bits per heavy atom. The summed E-state index contributed by atoms with van der Waals surface area (Å²) in [5.74, 6) is -2.19. The van der Waals surface area contributed by atoms with Crippen molar-refractivity contribution in [1.29, 1.82) is 0 Å². The highest BCUT2D eigenvalue weighted by molar-refractivity contribution is 6.05. The lowest BCUT2D eigenvalue weighted by Gasteiger charge is -2.06. The molecule has 0 bridgehead atoms. The summed E-state index contributed by atoms with van der Waals surface area (Å²) in [4.78, 5) is 29.7. The lowest BCUT2D eigenvalue weighted by Crippen LogP contribution is -2.40. The average Bonchev–Trinajstić information content (AvgIpc) is 2.16. The second kappa shape index (κ2) is 3.02. The van der Waals surface area contributed by atoms with E-state index >= 15 is 0 Å². The molecule has 2 rings (SSSR count). The summed E-state index contributed by atoms with van der Waals surface area (Å²) in [5.41, 5.74) is 5.39. The third-order valence-corrected chi connectivity index (χ3v) is 1.95. The number of carbonyl (C=O) groups excluding carboxylic acids is 2. The van der Waals surface area contributed by atoms with E-state index in [2.05, 4.69) is 9.98 Å². The number of nitrogens with zero attached hydrogens (tertiary/aromatic N) is 2. The summed E-state index contributed by atoms with van der Waals surface area (Å²) in [6, 6.07) is 3.44. The fourth-order valence-electron chi connectivity index (χ4n) is 1.26. The van der Waals surface area contributed by atoms with Crippen LogP contribution in [0.2, 0.25) is 0 Å². The van der Waals surface area contributed by atoms with Crippen LogP contribution in [-0.2, 0) is 9.59 Å². The van der Waals surface area contributed by atoms with Crippen LogP contribution in [0.15, 0.2) is 23.3 Å². The number of aromatic nitrogens is 1. The van der Waals surface area contributed by atoms with Gasteiger partial charge < -0.3 is 5.73 Å². The molecule has 5 nitrogen and oxygen atoms in total. The van der Waals surface area contributed by atoms with Crippen LogP contribution in [0, 0.1) is 5.92 Å². The number of amides is 2. The highest BCUT2D eigenvalue weighted by Gasteiger charge is 2.23. The Bertz CT molecular complexity index is 521. The predicted octanol–water partition coefficient (Wildman–Crippen LogP) is -1.88. The molecule has 2 N–H and O–H groups in total. The predicted molar refractivity (Wildman–Crippen MR) is 47.2 cm³/mol. The van der Waals surface area contributed by atoms with Crippen molar-refractivity contribution in [1.82, 2.24) is 4.98 Å². The normalized spacial score (nSPS) is 19.1. The van der Waals surface area contributed by atoms with E-state index in [-0.39, 0.29) is 0 Å². The van der Waals surface area contributed by atoms with Crippen molar-refractivity contribution in [3.8, 4) is 0 Å². The molecule has 0 radical (unpaired) electrons. The van der Waals surface area contributed by atoms with E-state index in [1.165, 1.54) is 12.3 Å². The molecule has 5 heteroatoms. The van der Waals surface area contributed by atoms with Crippen molar-refractivity contribution in [2.24, 2.45) is 16.6 Å². The summed E-state index contributed by atoms with van der Waals surface area (Å²) >= 11 is 0. The Hall–Kier alpha value is -2.04. The number of carbonyl (C=O) groups is 2. The molecule has 0 saturated carbocycles. The van der Waals surface area contributed by atoms with E-state index < -0.39 is 17.7 Å². The van der Waals surface area contributed by atoms with Crippen LogP contribution in [-0.4, -0.2) is 16.8 Å². The first-order valence-electron chi connectivity index (χ1n) is 4.03. The third-order valence-electron chi connectivity index (χ3n) is 1.95. The minimum atomic E-state index is -0.952. The van der Waals surface area contributed by atoms with Gasteiger partial charge in [0, 0.05) is 11.4 Å². The van der Waals surface area contributed by atoms with E-state index in [9.17, 15) is 9.59 Å². The van der Waals surface area contributed by atoms with Crippen LogP contribution in [0.25, 0.3) is 6.08 Å². The number of rotatable bonds is 1. The van der Waals surface area contributed by atoms with Crippen molar-refractivity contribution in [2.45, 2.75) is 0 Å². The summed E-state index contributed by atoms with van der Waals surface area (Å²) in [5, 5.41) is 0.663. The molecule has 0 saturated heterocycles. The summed E-state index contributed by atoms with van der Waals surface area (Å²) in [6.45, 7) is 0. The second-order valence-corrected chi connectivity index (χ2v) is 2.91. The van der Waals surface area contributed by atoms with Gasteiger partial charge in [-0.25, -0.2) is 4.98 Å². The van der Waals surface area contributed by atoms with Gasteiger partial charge in [0.15, 0.2) is 5.49 Å². The summed E-state index contributed by atoms with van der Waals surface area (Å²) in [6.07, 6.45) is 3.02. The topological polar surface area (TPSA) is 85.4 Å². The van der Waals surface area contributed by atoms with Crippen molar-refractivity contribution >= 4 is 17.9 Å². The molecule has 0 fully saturated rings. The van der Waals surface area contributed by atoms with Crippen LogP contribution in [0.5, 0.6) is 0 Å². The highest BCUT2D eigenvalue weighted by Crippen LogP contribution is 2.01. The Morgan fingerprint density at radius 3 is 3.00 bits per heavy atom. The molecular formula is C9H7N3O2. The van der Waals surface area contributed by atoms with Gasteiger partial charge in [-0.05, 0) is 12.1 Å². The number of fused-ring (bicyclic) bond motifs is 1. The van der Waals surface area contributed by atoms with Crippen molar-refractivity contribution in [3.05, 3.63) is 29.0 Å². The monoisotopic (exact) mass is 189 g/mol. The van der Waals surface area contributed by atoms with Crippen LogP contribution >= 0.6 is 0 Å². The largest absolute Gasteiger partial charge is 0.369 e. The Labute approximate surface area is 79.0 Å².